The Kier molecular flexibility index (Phi) is 6.26. The van der Waals surface area contributed by atoms with Gasteiger partial charge < -0.3 is 25.5 Å². The topological polar surface area (TPSA) is 152 Å². The first-order valence-corrected chi connectivity index (χ1v) is 13.6. The lowest BCUT2D eigenvalue weighted by Gasteiger charge is -2.62. The predicted octanol–water partition coefficient (Wildman–Crippen LogP) is 4.62. The molecule has 0 heterocycles. The fourth-order valence-corrected chi connectivity index (χ4v) is 7.61. The van der Waals surface area contributed by atoms with Crippen molar-refractivity contribution >= 4 is 29.0 Å². The minimum atomic E-state index is -2.94. The van der Waals surface area contributed by atoms with Crippen molar-refractivity contribution in [1.82, 2.24) is 0 Å². The number of ketones is 3. The molecule has 214 valence electrons. The molecule has 0 aliphatic heterocycles. The fourth-order valence-electron chi connectivity index (χ4n) is 7.61. The van der Waals surface area contributed by atoms with Crippen LogP contribution in [0.3, 0.4) is 0 Å². The molecule has 8 nitrogen and oxygen atoms in total. The molecule has 0 radical (unpaired) electrons. The van der Waals surface area contributed by atoms with Gasteiger partial charge in [0, 0.05) is 11.3 Å². The third kappa shape index (κ3) is 3.32. The lowest BCUT2D eigenvalue weighted by atomic mass is 9.42. The predicted molar refractivity (Wildman–Crippen MR) is 152 cm³/mol. The minimum absolute atomic E-state index is 0.153. The van der Waals surface area contributed by atoms with Gasteiger partial charge in [0.25, 0.3) is 0 Å². The van der Waals surface area contributed by atoms with Gasteiger partial charge in [-0.1, -0.05) is 57.2 Å². The quantitative estimate of drug-likeness (QED) is 0.342. The highest BCUT2D eigenvalue weighted by molar-refractivity contribution is 6.26. The average Bonchev–Trinajstić information content (AvgIpc) is 2.89. The van der Waals surface area contributed by atoms with Crippen LogP contribution in [0.15, 0.2) is 65.1 Å². The Morgan fingerprint density at radius 3 is 2.22 bits per heavy atom. The van der Waals surface area contributed by atoms with Crippen LogP contribution in [0.1, 0.15) is 61.7 Å². The fraction of sp³-hybridized carbons (Fsp3) is 0.364. The van der Waals surface area contributed by atoms with Gasteiger partial charge >= 0.3 is 0 Å². The van der Waals surface area contributed by atoms with Crippen LogP contribution in [-0.2, 0) is 9.59 Å². The molecule has 5 N–H and O–H groups in total. The van der Waals surface area contributed by atoms with Crippen LogP contribution >= 0.6 is 0 Å². The van der Waals surface area contributed by atoms with E-state index in [1.54, 1.807) is 39.0 Å². The normalized spacial score (nSPS) is 32.3. The Hall–Kier alpha value is -4.01. The van der Waals surface area contributed by atoms with Gasteiger partial charge in [-0.25, -0.2) is 0 Å². The van der Waals surface area contributed by atoms with Gasteiger partial charge in [-0.3, -0.25) is 14.4 Å². The molecule has 2 aromatic rings. The second-order valence-corrected chi connectivity index (χ2v) is 12.1. The molecule has 8 heteroatoms. The lowest BCUT2D eigenvalue weighted by molar-refractivity contribution is -0.202. The molecule has 0 spiro atoms. The summed E-state index contributed by atoms with van der Waals surface area (Å²) in [5.41, 5.74) is -5.66. The number of rotatable bonds is 3. The molecular formula is C33H34O8. The maximum absolute atomic E-state index is 14.2. The van der Waals surface area contributed by atoms with E-state index in [1.165, 1.54) is 13.0 Å². The van der Waals surface area contributed by atoms with Gasteiger partial charge in [0.1, 0.15) is 22.8 Å². The molecule has 2 aromatic carbocycles. The zero-order chi connectivity index (χ0) is 30.4. The molecular weight excluding hydrogens is 524 g/mol. The van der Waals surface area contributed by atoms with E-state index in [9.17, 15) is 39.9 Å². The van der Waals surface area contributed by atoms with Crippen LogP contribution in [-0.4, -0.2) is 54.6 Å². The van der Waals surface area contributed by atoms with Crippen molar-refractivity contribution in [2.24, 2.45) is 22.7 Å². The second kappa shape index (κ2) is 8.99. The zero-order valence-corrected chi connectivity index (χ0v) is 23.8. The molecule has 0 aromatic heterocycles. The monoisotopic (exact) mass is 558 g/mol. The molecule has 1 unspecified atom stereocenters. The number of hydrogen-bond donors (Lipinski definition) is 5. The van der Waals surface area contributed by atoms with Gasteiger partial charge in [0.15, 0.2) is 17.2 Å². The van der Waals surface area contributed by atoms with Gasteiger partial charge in [-0.2, -0.15) is 0 Å². The molecule has 3 aliphatic rings. The number of aliphatic hydroxyl groups excluding tert-OH is 3. The first kappa shape index (κ1) is 28.5. The Balaban J connectivity index is 1.98. The van der Waals surface area contributed by atoms with Crippen LogP contribution in [0.25, 0.3) is 11.6 Å². The summed E-state index contributed by atoms with van der Waals surface area (Å²) in [4.78, 5) is 40.6. The summed E-state index contributed by atoms with van der Waals surface area (Å²) in [6.45, 7) is 9.29. The van der Waals surface area contributed by atoms with Gasteiger partial charge in [0.2, 0.25) is 5.78 Å². The summed E-state index contributed by atoms with van der Waals surface area (Å²) < 4.78 is 0. The van der Waals surface area contributed by atoms with E-state index in [0.717, 1.165) is 18.1 Å². The average molecular weight is 559 g/mol. The Bertz CT molecular complexity index is 1640. The van der Waals surface area contributed by atoms with Gasteiger partial charge in [0.05, 0.1) is 22.7 Å². The summed E-state index contributed by atoms with van der Waals surface area (Å²) in [6, 6.07) is 11.9. The first-order valence-electron chi connectivity index (χ1n) is 13.6. The molecule has 5 rings (SSSR count). The Morgan fingerprint density at radius 2 is 1.63 bits per heavy atom. The molecule has 3 aliphatic carbocycles. The molecule has 0 fully saturated rings. The van der Waals surface area contributed by atoms with E-state index in [0.29, 0.717) is 11.1 Å². The highest BCUT2D eigenvalue weighted by Gasteiger charge is 2.75. The molecule has 0 saturated carbocycles. The third-order valence-electron chi connectivity index (χ3n) is 9.60. The molecule has 0 saturated heterocycles. The van der Waals surface area contributed by atoms with Crippen molar-refractivity contribution < 1.29 is 39.9 Å². The van der Waals surface area contributed by atoms with Crippen molar-refractivity contribution in [1.29, 1.82) is 0 Å². The standard InChI is InChI=1S/C33H34O8/c1-15(2)24-26(36)22(17(4)34)28(38)33(41)29(39)25-27(37)23-19(12-9-13-21(23)35)20(14-18-11-8-7-10-16(18)3)31(25,5)30(40)32(24,33)6/h7-15,24,30,35-36,39-41H,1-6H3/b20-14+/t24?,30-,31+,32+,33+/m1/s1. The number of Topliss-reactive ketones (excluding diaryl/α,β-unsaturated/α-hetero) is 3. The summed E-state index contributed by atoms with van der Waals surface area (Å²) in [6.07, 6.45) is 0.0170. The van der Waals surface area contributed by atoms with Crippen molar-refractivity contribution in [3.63, 3.8) is 0 Å². The van der Waals surface area contributed by atoms with Crippen LogP contribution in [0.2, 0.25) is 0 Å². The number of allylic oxidation sites excluding steroid dienone is 1. The Morgan fingerprint density at radius 1 is 1.00 bits per heavy atom. The number of aliphatic hydroxyl groups is 4. The van der Waals surface area contributed by atoms with E-state index in [2.05, 4.69) is 0 Å². The number of aromatic hydroxyl groups is 1. The summed E-state index contributed by atoms with van der Waals surface area (Å²) in [5, 5.41) is 58.8. The van der Waals surface area contributed by atoms with Crippen molar-refractivity contribution in [3.8, 4) is 5.75 Å². The van der Waals surface area contributed by atoms with Crippen molar-refractivity contribution in [2.75, 3.05) is 0 Å². The number of fused-ring (bicyclic) bond motifs is 3. The van der Waals surface area contributed by atoms with Gasteiger partial charge in [-0.05, 0) is 61.1 Å². The van der Waals surface area contributed by atoms with Crippen molar-refractivity contribution in [2.45, 2.75) is 53.2 Å². The number of aryl methyl sites for hydroxylation is 1. The zero-order valence-electron chi connectivity index (χ0n) is 23.8. The van der Waals surface area contributed by atoms with E-state index in [4.69, 9.17) is 0 Å². The number of benzene rings is 2. The summed E-state index contributed by atoms with van der Waals surface area (Å²) in [5.74, 6) is -6.65. The minimum Gasteiger partial charge on any atom is -0.511 e. The highest BCUT2D eigenvalue weighted by Crippen LogP contribution is 2.67. The maximum Gasteiger partial charge on any atom is 0.209 e. The SMILES string of the molecule is CC(=O)C1=C(O)C(C(C)C)[C@@]2(C)[C@H](O)[C@]3(C)C(=C(O)[C@@]2(O)C1=O)C(=O)c1c(O)cccc1/C3=C\c1ccccc1C. The first-order chi connectivity index (χ1) is 19.1. The number of phenols is 1. The van der Waals surface area contributed by atoms with Crippen LogP contribution < -0.4 is 0 Å². The summed E-state index contributed by atoms with van der Waals surface area (Å²) in [7, 11) is 0. The molecule has 0 bridgehead atoms. The third-order valence-corrected chi connectivity index (χ3v) is 9.60. The number of hydrogen-bond acceptors (Lipinski definition) is 8. The molecule has 41 heavy (non-hydrogen) atoms. The number of carbonyl (C=O) groups excluding carboxylic acids is 3. The van der Waals surface area contributed by atoms with E-state index in [-0.39, 0.29) is 11.3 Å². The summed E-state index contributed by atoms with van der Waals surface area (Å²) >= 11 is 0. The van der Waals surface area contributed by atoms with Crippen LogP contribution in [0, 0.1) is 29.6 Å². The largest absolute Gasteiger partial charge is 0.511 e. The molecule has 0 amide bonds. The van der Waals surface area contributed by atoms with Crippen molar-refractivity contribution in [3.05, 3.63) is 87.4 Å². The number of phenolic OH excluding ortho intramolecular Hbond substituents is 1. The highest BCUT2D eigenvalue weighted by atomic mass is 16.4. The Labute approximate surface area is 238 Å². The van der Waals surface area contributed by atoms with Gasteiger partial charge in [-0.15, -0.1) is 0 Å². The van der Waals surface area contributed by atoms with E-state index < -0.39 is 74.4 Å². The second-order valence-electron chi connectivity index (χ2n) is 12.1. The molecule has 5 atom stereocenters. The maximum atomic E-state index is 14.2. The lowest BCUT2D eigenvalue weighted by Crippen LogP contribution is -2.73. The van der Waals surface area contributed by atoms with E-state index in [1.807, 2.05) is 31.2 Å². The number of carbonyl (C=O) groups is 3. The smallest absolute Gasteiger partial charge is 0.209 e. The van der Waals surface area contributed by atoms with E-state index >= 15 is 0 Å². The van der Waals surface area contributed by atoms with Crippen LogP contribution in [0.4, 0.5) is 0 Å². The van der Waals surface area contributed by atoms with Crippen LogP contribution in [0.5, 0.6) is 5.75 Å².